The van der Waals surface area contributed by atoms with E-state index >= 15 is 0 Å². The van der Waals surface area contributed by atoms with Gasteiger partial charge in [0.25, 0.3) is 0 Å². The smallest absolute Gasteiger partial charge is 0.392 e. The molecule has 0 aliphatic carbocycles. The van der Waals surface area contributed by atoms with Crippen molar-refractivity contribution in [2.75, 3.05) is 13.7 Å². The maximum absolute atomic E-state index is 11.9. The molecule has 0 bridgehead atoms. The summed E-state index contributed by atoms with van der Waals surface area (Å²) in [4.78, 5) is 15.7. The molecule has 0 aromatic rings. The van der Waals surface area contributed by atoms with Crippen molar-refractivity contribution < 1.29 is 27.5 Å². The van der Waals surface area contributed by atoms with Gasteiger partial charge in [0.15, 0.2) is 0 Å². The number of hydrogen-bond donors (Lipinski definition) is 1. The van der Waals surface area contributed by atoms with Crippen molar-refractivity contribution in [2.45, 2.75) is 19.5 Å². The number of ether oxygens (including phenoxy) is 1. The number of halogens is 3. The fourth-order valence-electron chi connectivity index (χ4n) is 0.831. The fraction of sp³-hybridized carbons (Fsp3) is 0.500. The molecule has 0 aromatic heterocycles. The largest absolute Gasteiger partial charge is 0.462 e. The van der Waals surface area contributed by atoms with Gasteiger partial charge >= 0.3 is 12.1 Å². The summed E-state index contributed by atoms with van der Waals surface area (Å²) in [6, 6.07) is 0. The number of alkyl halides is 3. The van der Waals surface area contributed by atoms with Gasteiger partial charge in [0.1, 0.15) is 0 Å². The van der Waals surface area contributed by atoms with Crippen molar-refractivity contribution in [3.8, 4) is 0 Å². The van der Waals surface area contributed by atoms with E-state index in [2.05, 4.69) is 15.1 Å². The molecule has 0 amide bonds. The van der Waals surface area contributed by atoms with E-state index in [4.69, 9.17) is 0 Å². The second-order valence-corrected chi connectivity index (χ2v) is 2.86. The number of carbonyl (C=O) groups is 1. The Kier molecular flexibility index (Phi) is 7.04. The molecule has 0 aliphatic rings. The van der Waals surface area contributed by atoms with E-state index in [1.807, 2.05) is 0 Å². The van der Waals surface area contributed by atoms with Crippen molar-refractivity contribution in [3.63, 3.8) is 0 Å². The van der Waals surface area contributed by atoms with Gasteiger partial charge in [-0.3, -0.25) is 10.3 Å². The molecule has 1 N–H and O–H groups in total. The lowest BCUT2D eigenvalue weighted by molar-refractivity contribution is -0.138. The van der Waals surface area contributed by atoms with Crippen LogP contribution >= 0.6 is 0 Å². The number of hydrogen-bond acceptors (Lipinski definition) is 4. The second-order valence-electron chi connectivity index (χ2n) is 2.86. The van der Waals surface area contributed by atoms with Crippen LogP contribution in [0.25, 0.3) is 0 Å². The first-order chi connectivity index (χ1) is 7.90. The lowest BCUT2D eigenvalue weighted by atomic mass is 10.2. The minimum Gasteiger partial charge on any atom is -0.462 e. The molecule has 4 nitrogen and oxygen atoms in total. The van der Waals surface area contributed by atoms with Crippen LogP contribution in [-0.2, 0) is 14.4 Å². The van der Waals surface area contributed by atoms with Crippen LogP contribution in [0.3, 0.4) is 0 Å². The number of hydroxylamine groups is 1. The van der Waals surface area contributed by atoms with Gasteiger partial charge in [0.2, 0.25) is 0 Å². The maximum Gasteiger partial charge on any atom is 0.392 e. The summed E-state index contributed by atoms with van der Waals surface area (Å²) in [6.07, 6.45) is -2.44. The van der Waals surface area contributed by atoms with Crippen LogP contribution < -0.4 is 5.48 Å². The summed E-state index contributed by atoms with van der Waals surface area (Å²) in [5.74, 6) is -0.726. The molecular weight excluding hydrogens is 239 g/mol. The highest BCUT2D eigenvalue weighted by atomic mass is 19.4. The molecule has 0 heterocycles. The summed E-state index contributed by atoms with van der Waals surface area (Å²) in [5.41, 5.74) is 2.18. The van der Waals surface area contributed by atoms with Crippen LogP contribution in [0.5, 0.6) is 0 Å². The van der Waals surface area contributed by atoms with Gasteiger partial charge < -0.3 is 4.74 Å². The number of nitrogens with one attached hydrogen (secondary N) is 1. The van der Waals surface area contributed by atoms with E-state index in [0.717, 1.165) is 18.4 Å². The highest BCUT2D eigenvalue weighted by molar-refractivity contribution is 5.91. The van der Waals surface area contributed by atoms with Gasteiger partial charge in [-0.05, 0) is 13.0 Å². The van der Waals surface area contributed by atoms with E-state index in [-0.39, 0.29) is 12.2 Å². The number of esters is 1. The molecule has 0 atom stereocenters. The molecular formula is C10H14F3NO3. The molecule has 0 saturated carbocycles. The van der Waals surface area contributed by atoms with Gasteiger partial charge in [0.05, 0.1) is 25.7 Å². The average molecular weight is 253 g/mol. The highest BCUT2D eigenvalue weighted by Crippen LogP contribution is 2.20. The van der Waals surface area contributed by atoms with E-state index in [1.165, 1.54) is 7.11 Å². The summed E-state index contributed by atoms with van der Waals surface area (Å²) < 4.78 is 40.3. The molecule has 0 unspecified atom stereocenters. The van der Waals surface area contributed by atoms with Crippen LogP contribution in [0.2, 0.25) is 0 Å². The molecule has 98 valence electrons. The van der Waals surface area contributed by atoms with Crippen molar-refractivity contribution in [1.82, 2.24) is 5.48 Å². The molecule has 0 saturated heterocycles. The zero-order valence-electron chi connectivity index (χ0n) is 9.50. The SMILES string of the molecule is CCOC(=O)C(/C=C\CC(F)(F)F)=C/NOC. The third-order valence-electron chi connectivity index (χ3n) is 1.49. The number of carbonyl (C=O) groups excluding carboxylic acids is 1. The predicted octanol–water partition coefficient (Wildman–Crippen LogP) is 2.09. The van der Waals surface area contributed by atoms with Gasteiger partial charge in [-0.2, -0.15) is 13.2 Å². The molecule has 0 spiro atoms. The predicted molar refractivity (Wildman–Crippen MR) is 54.7 cm³/mol. The molecule has 7 heteroatoms. The van der Waals surface area contributed by atoms with Crippen LogP contribution in [-0.4, -0.2) is 25.9 Å². The summed E-state index contributed by atoms with van der Waals surface area (Å²) in [5, 5.41) is 0. The summed E-state index contributed by atoms with van der Waals surface area (Å²) >= 11 is 0. The minimum atomic E-state index is -4.30. The number of allylic oxidation sites excluding steroid dienone is 1. The normalized spacial score (nSPS) is 12.9. The Morgan fingerprint density at radius 1 is 1.41 bits per heavy atom. The lowest BCUT2D eigenvalue weighted by Gasteiger charge is -2.04. The zero-order chi connectivity index (χ0) is 13.3. The summed E-state index contributed by atoms with van der Waals surface area (Å²) in [6.45, 7) is 1.73. The van der Waals surface area contributed by atoms with Gasteiger partial charge in [-0.25, -0.2) is 4.79 Å². The summed E-state index contributed by atoms with van der Waals surface area (Å²) in [7, 11) is 1.30. The molecule has 17 heavy (non-hydrogen) atoms. The Bertz CT molecular complexity index is 298. The van der Waals surface area contributed by atoms with Crippen LogP contribution in [0.4, 0.5) is 13.2 Å². The first-order valence-electron chi connectivity index (χ1n) is 4.79. The Morgan fingerprint density at radius 3 is 2.53 bits per heavy atom. The van der Waals surface area contributed by atoms with E-state index < -0.39 is 18.6 Å². The van der Waals surface area contributed by atoms with Crippen LogP contribution in [0.1, 0.15) is 13.3 Å². The van der Waals surface area contributed by atoms with Crippen molar-refractivity contribution in [1.29, 1.82) is 0 Å². The maximum atomic E-state index is 11.9. The van der Waals surface area contributed by atoms with Crippen LogP contribution in [0, 0.1) is 0 Å². The van der Waals surface area contributed by atoms with E-state index in [0.29, 0.717) is 0 Å². The van der Waals surface area contributed by atoms with Crippen molar-refractivity contribution in [3.05, 3.63) is 23.9 Å². The Morgan fingerprint density at radius 2 is 2.06 bits per heavy atom. The topological polar surface area (TPSA) is 47.6 Å². The minimum absolute atomic E-state index is 0.0575. The number of rotatable bonds is 6. The van der Waals surface area contributed by atoms with Crippen molar-refractivity contribution >= 4 is 5.97 Å². The monoisotopic (exact) mass is 253 g/mol. The van der Waals surface area contributed by atoms with Crippen molar-refractivity contribution in [2.24, 2.45) is 0 Å². The molecule has 0 aromatic carbocycles. The standard InChI is InChI=1S/C10H14F3NO3/c1-3-17-9(15)8(7-14-16-2)5-4-6-10(11,12)13/h4-5,7,14H,3,6H2,1-2H3/b5-4-,8-7+. The van der Waals surface area contributed by atoms with E-state index in [9.17, 15) is 18.0 Å². The van der Waals surface area contributed by atoms with Crippen LogP contribution in [0.15, 0.2) is 23.9 Å². The zero-order valence-corrected chi connectivity index (χ0v) is 9.50. The average Bonchev–Trinajstić information content (AvgIpc) is 2.21. The fourth-order valence-corrected chi connectivity index (χ4v) is 0.831. The Balaban J connectivity index is 4.54. The third kappa shape index (κ3) is 8.32. The van der Waals surface area contributed by atoms with Gasteiger partial charge in [-0.1, -0.05) is 6.08 Å². The molecule has 0 rings (SSSR count). The lowest BCUT2D eigenvalue weighted by Crippen LogP contribution is -2.11. The first kappa shape index (κ1) is 15.5. The highest BCUT2D eigenvalue weighted by Gasteiger charge is 2.24. The van der Waals surface area contributed by atoms with Gasteiger partial charge in [-0.15, -0.1) is 0 Å². The molecule has 0 fully saturated rings. The molecule has 0 radical (unpaired) electrons. The Labute approximate surface area is 97.0 Å². The van der Waals surface area contributed by atoms with E-state index in [1.54, 1.807) is 6.92 Å². The quantitative estimate of drug-likeness (QED) is 0.341. The Hall–Kier alpha value is -1.50. The second kappa shape index (κ2) is 7.72. The van der Waals surface area contributed by atoms with Gasteiger partial charge in [0, 0.05) is 6.20 Å². The first-order valence-corrected chi connectivity index (χ1v) is 4.79. The third-order valence-corrected chi connectivity index (χ3v) is 1.49. The molecule has 0 aliphatic heterocycles.